The molecule has 0 bridgehead atoms. The summed E-state index contributed by atoms with van der Waals surface area (Å²) in [4.78, 5) is 15.8. The van der Waals surface area contributed by atoms with Crippen LogP contribution in [0.5, 0.6) is 11.5 Å². The van der Waals surface area contributed by atoms with Crippen LogP contribution in [0, 0.1) is 0 Å². The van der Waals surface area contributed by atoms with E-state index in [0.717, 1.165) is 35.0 Å². The predicted molar refractivity (Wildman–Crippen MR) is 102 cm³/mol. The highest BCUT2D eigenvalue weighted by atomic mass is 32.2. The summed E-state index contributed by atoms with van der Waals surface area (Å²) in [5.74, 6) is 2.42. The standard InChI is InChI=1S/C18H18N2O3S2/c1-24-14-5-3-13(4-6-14)19-18(21)20-8-9-25-17(20)12-2-7-15-16(10-12)23-11-22-15/h2-7,10,17H,8-9,11H2,1H3,(H,19,21)/t17-/m1/s1. The molecule has 0 spiro atoms. The van der Waals surface area contributed by atoms with Crippen LogP contribution in [0.1, 0.15) is 10.9 Å². The zero-order chi connectivity index (χ0) is 17.2. The fourth-order valence-corrected chi connectivity index (χ4v) is 4.54. The molecule has 0 aromatic heterocycles. The van der Waals surface area contributed by atoms with Crippen molar-refractivity contribution in [3.63, 3.8) is 0 Å². The average Bonchev–Trinajstić information content (AvgIpc) is 3.30. The van der Waals surface area contributed by atoms with E-state index in [9.17, 15) is 4.79 Å². The number of carbonyl (C=O) groups excluding carboxylic acids is 1. The van der Waals surface area contributed by atoms with Gasteiger partial charge in [-0.05, 0) is 48.2 Å². The molecule has 1 fully saturated rings. The molecule has 0 aliphatic carbocycles. The van der Waals surface area contributed by atoms with Gasteiger partial charge in [0.2, 0.25) is 6.79 Å². The van der Waals surface area contributed by atoms with E-state index >= 15 is 0 Å². The van der Waals surface area contributed by atoms with Gasteiger partial charge in [0, 0.05) is 22.9 Å². The highest BCUT2D eigenvalue weighted by molar-refractivity contribution is 7.99. The summed E-state index contributed by atoms with van der Waals surface area (Å²) in [6.45, 7) is 0.978. The third-order valence-corrected chi connectivity index (χ3v) is 6.18. The first-order chi connectivity index (χ1) is 12.2. The van der Waals surface area contributed by atoms with Gasteiger partial charge in [-0.2, -0.15) is 0 Å². The summed E-state index contributed by atoms with van der Waals surface area (Å²) in [6.07, 6.45) is 2.03. The number of ether oxygens (including phenoxy) is 2. The molecule has 2 aromatic rings. The molecule has 2 aliphatic rings. The lowest BCUT2D eigenvalue weighted by Gasteiger charge is -2.24. The minimum atomic E-state index is -0.0791. The SMILES string of the molecule is CSc1ccc(NC(=O)N2CCS[C@@H]2c2ccc3c(c2)OCO3)cc1. The van der Waals surface area contributed by atoms with Crippen LogP contribution >= 0.6 is 23.5 Å². The molecular formula is C18H18N2O3S2. The van der Waals surface area contributed by atoms with Crippen molar-refractivity contribution >= 4 is 35.2 Å². The Morgan fingerprint density at radius 3 is 2.80 bits per heavy atom. The van der Waals surface area contributed by atoms with Crippen LogP contribution in [-0.2, 0) is 0 Å². The molecule has 0 radical (unpaired) electrons. The molecule has 2 aromatic carbocycles. The second kappa shape index (κ2) is 7.09. The monoisotopic (exact) mass is 374 g/mol. The predicted octanol–water partition coefficient (Wildman–Crippen LogP) is 4.42. The summed E-state index contributed by atoms with van der Waals surface area (Å²) >= 11 is 3.44. The number of carbonyl (C=O) groups is 1. The normalized spacial score (nSPS) is 18.4. The molecule has 7 heteroatoms. The van der Waals surface area contributed by atoms with Gasteiger partial charge in [-0.25, -0.2) is 4.79 Å². The van der Waals surface area contributed by atoms with Crippen molar-refractivity contribution in [3.05, 3.63) is 48.0 Å². The van der Waals surface area contributed by atoms with Crippen LogP contribution in [0.15, 0.2) is 47.4 Å². The van der Waals surface area contributed by atoms with Gasteiger partial charge >= 0.3 is 6.03 Å². The Kier molecular flexibility index (Phi) is 4.67. The Labute approximate surface area is 155 Å². The van der Waals surface area contributed by atoms with Gasteiger partial charge in [-0.3, -0.25) is 0 Å². The van der Waals surface area contributed by atoms with Gasteiger partial charge in [0.25, 0.3) is 0 Å². The van der Waals surface area contributed by atoms with Gasteiger partial charge in [0.1, 0.15) is 5.37 Å². The second-order valence-electron chi connectivity index (χ2n) is 5.69. The van der Waals surface area contributed by atoms with E-state index in [1.165, 1.54) is 4.90 Å². The molecule has 0 saturated carbocycles. The quantitative estimate of drug-likeness (QED) is 0.806. The van der Waals surface area contributed by atoms with E-state index in [4.69, 9.17) is 9.47 Å². The molecule has 5 nitrogen and oxygen atoms in total. The maximum Gasteiger partial charge on any atom is 0.323 e. The van der Waals surface area contributed by atoms with Gasteiger partial charge in [-0.15, -0.1) is 23.5 Å². The number of nitrogens with zero attached hydrogens (tertiary/aromatic N) is 1. The Balaban J connectivity index is 1.49. The molecule has 4 rings (SSSR count). The topological polar surface area (TPSA) is 50.8 Å². The first-order valence-corrected chi connectivity index (χ1v) is 10.2. The third kappa shape index (κ3) is 3.39. The van der Waals surface area contributed by atoms with Crippen molar-refractivity contribution in [3.8, 4) is 11.5 Å². The van der Waals surface area contributed by atoms with Crippen molar-refractivity contribution in [2.24, 2.45) is 0 Å². The molecule has 2 heterocycles. The molecule has 1 saturated heterocycles. The number of rotatable bonds is 3. The number of nitrogens with one attached hydrogen (secondary N) is 1. The van der Waals surface area contributed by atoms with Gasteiger partial charge < -0.3 is 19.7 Å². The summed E-state index contributed by atoms with van der Waals surface area (Å²) < 4.78 is 10.8. The molecule has 2 amide bonds. The van der Waals surface area contributed by atoms with Crippen LogP contribution in [0.25, 0.3) is 0 Å². The zero-order valence-corrected chi connectivity index (χ0v) is 15.4. The minimum Gasteiger partial charge on any atom is -0.454 e. The average molecular weight is 374 g/mol. The lowest BCUT2D eigenvalue weighted by Crippen LogP contribution is -2.34. The number of anilines is 1. The summed E-state index contributed by atoms with van der Waals surface area (Å²) in [6, 6.07) is 13.7. The van der Waals surface area contributed by atoms with E-state index in [1.807, 2.05) is 53.6 Å². The molecule has 2 aliphatic heterocycles. The number of amides is 2. The fraction of sp³-hybridized carbons (Fsp3) is 0.278. The van der Waals surface area contributed by atoms with Crippen LogP contribution in [0.2, 0.25) is 0 Å². The Hall–Kier alpha value is -1.99. The van der Waals surface area contributed by atoms with Crippen molar-refractivity contribution in [2.45, 2.75) is 10.3 Å². The highest BCUT2D eigenvalue weighted by Crippen LogP contribution is 2.42. The maximum atomic E-state index is 12.7. The maximum absolute atomic E-state index is 12.7. The molecule has 25 heavy (non-hydrogen) atoms. The third-order valence-electron chi connectivity index (χ3n) is 4.17. The number of fused-ring (bicyclic) bond motifs is 1. The minimum absolute atomic E-state index is 0.0139. The Morgan fingerprint density at radius 1 is 1.20 bits per heavy atom. The van der Waals surface area contributed by atoms with Gasteiger partial charge in [-0.1, -0.05) is 6.07 Å². The van der Waals surface area contributed by atoms with Crippen molar-refractivity contribution < 1.29 is 14.3 Å². The van der Waals surface area contributed by atoms with E-state index in [-0.39, 0.29) is 18.2 Å². The fourth-order valence-electron chi connectivity index (χ4n) is 2.89. The van der Waals surface area contributed by atoms with Gasteiger partial charge in [0.15, 0.2) is 11.5 Å². The van der Waals surface area contributed by atoms with Crippen molar-refractivity contribution in [1.29, 1.82) is 0 Å². The van der Waals surface area contributed by atoms with Crippen LogP contribution in [-0.4, -0.2) is 36.3 Å². The van der Waals surface area contributed by atoms with Crippen LogP contribution in [0.3, 0.4) is 0 Å². The number of benzene rings is 2. The molecule has 1 atom stereocenters. The zero-order valence-electron chi connectivity index (χ0n) is 13.7. The summed E-state index contributed by atoms with van der Waals surface area (Å²) in [5, 5.41) is 2.98. The number of hydrogen-bond donors (Lipinski definition) is 1. The molecule has 130 valence electrons. The van der Waals surface area contributed by atoms with E-state index in [2.05, 4.69) is 5.32 Å². The van der Waals surface area contributed by atoms with Crippen molar-refractivity contribution in [2.75, 3.05) is 30.7 Å². The summed E-state index contributed by atoms with van der Waals surface area (Å²) in [5.41, 5.74) is 1.86. The lowest BCUT2D eigenvalue weighted by molar-refractivity contribution is 0.174. The molecule has 1 N–H and O–H groups in total. The largest absolute Gasteiger partial charge is 0.454 e. The van der Waals surface area contributed by atoms with E-state index in [1.54, 1.807) is 23.5 Å². The first-order valence-electron chi connectivity index (χ1n) is 7.97. The van der Waals surface area contributed by atoms with Gasteiger partial charge in [0.05, 0.1) is 0 Å². The van der Waals surface area contributed by atoms with Crippen LogP contribution in [0.4, 0.5) is 10.5 Å². The second-order valence-corrected chi connectivity index (χ2v) is 7.76. The smallest absolute Gasteiger partial charge is 0.323 e. The number of urea groups is 1. The van der Waals surface area contributed by atoms with E-state index in [0.29, 0.717) is 0 Å². The number of hydrogen-bond acceptors (Lipinski definition) is 5. The highest BCUT2D eigenvalue weighted by Gasteiger charge is 2.31. The van der Waals surface area contributed by atoms with Crippen LogP contribution < -0.4 is 14.8 Å². The Morgan fingerprint density at radius 2 is 2.00 bits per heavy atom. The number of thioether (sulfide) groups is 2. The lowest BCUT2D eigenvalue weighted by atomic mass is 10.2. The molecule has 0 unspecified atom stereocenters. The van der Waals surface area contributed by atoms with Crippen molar-refractivity contribution in [1.82, 2.24) is 4.90 Å². The van der Waals surface area contributed by atoms with E-state index < -0.39 is 0 Å². The summed E-state index contributed by atoms with van der Waals surface area (Å²) in [7, 11) is 0. The Bertz CT molecular complexity index is 782. The first kappa shape index (κ1) is 16.5. The molecular weight excluding hydrogens is 356 g/mol.